The summed E-state index contributed by atoms with van der Waals surface area (Å²) in [6.07, 6.45) is 1.52. The monoisotopic (exact) mass is 301 g/mol. The lowest BCUT2D eigenvalue weighted by atomic mass is 9.72. The maximum absolute atomic E-state index is 12.1. The molecule has 1 aromatic carbocycles. The highest BCUT2D eigenvalue weighted by Crippen LogP contribution is 2.35. The van der Waals surface area contributed by atoms with Crippen molar-refractivity contribution in [2.24, 2.45) is 11.7 Å². The molecule has 1 saturated carbocycles. The Hall–Kier alpha value is -1.23. The Labute approximate surface area is 123 Å². The SMILES string of the molecule is CCC1CCCC(N)(Cc2ccc(OC(F)(F)F)cc2)C1. The molecule has 21 heavy (non-hydrogen) atoms. The number of nitrogens with two attached hydrogens (primary N) is 1. The summed E-state index contributed by atoms with van der Waals surface area (Å²) in [5.74, 6) is 0.476. The van der Waals surface area contributed by atoms with Gasteiger partial charge in [0.15, 0.2) is 0 Å². The Balaban J connectivity index is 1.99. The fourth-order valence-electron chi connectivity index (χ4n) is 3.25. The third kappa shape index (κ3) is 4.92. The summed E-state index contributed by atoms with van der Waals surface area (Å²) in [5.41, 5.74) is 7.22. The molecule has 0 spiro atoms. The van der Waals surface area contributed by atoms with Crippen LogP contribution in [0.2, 0.25) is 0 Å². The minimum atomic E-state index is -4.64. The summed E-state index contributed by atoms with van der Waals surface area (Å²) in [6, 6.07) is 6.05. The molecule has 2 unspecified atom stereocenters. The molecule has 0 radical (unpaired) electrons. The van der Waals surface area contributed by atoms with Crippen molar-refractivity contribution in [3.63, 3.8) is 0 Å². The van der Waals surface area contributed by atoms with Crippen molar-refractivity contribution in [1.82, 2.24) is 0 Å². The summed E-state index contributed by atoms with van der Waals surface area (Å²) in [4.78, 5) is 0. The number of rotatable bonds is 4. The molecule has 2 rings (SSSR count). The Morgan fingerprint density at radius 3 is 2.52 bits per heavy atom. The van der Waals surface area contributed by atoms with E-state index in [-0.39, 0.29) is 11.3 Å². The molecule has 2 atom stereocenters. The zero-order valence-corrected chi connectivity index (χ0v) is 12.2. The molecule has 0 aliphatic heterocycles. The first kappa shape index (κ1) is 16.1. The molecule has 1 aliphatic carbocycles. The highest BCUT2D eigenvalue weighted by Gasteiger charge is 2.33. The standard InChI is InChI=1S/C16H22F3NO/c1-2-12-4-3-9-15(20,10-12)11-13-5-7-14(8-6-13)21-16(17,18)19/h5-8,12H,2-4,9-11,20H2,1H3. The van der Waals surface area contributed by atoms with Crippen LogP contribution in [-0.2, 0) is 6.42 Å². The number of halogens is 3. The first-order valence-electron chi connectivity index (χ1n) is 7.43. The van der Waals surface area contributed by atoms with Crippen molar-refractivity contribution < 1.29 is 17.9 Å². The summed E-state index contributed by atoms with van der Waals surface area (Å²) >= 11 is 0. The maximum atomic E-state index is 12.1. The average Bonchev–Trinajstić information content (AvgIpc) is 2.39. The van der Waals surface area contributed by atoms with Gasteiger partial charge in [0.25, 0.3) is 0 Å². The van der Waals surface area contributed by atoms with E-state index in [1.54, 1.807) is 12.1 Å². The van der Waals surface area contributed by atoms with Crippen molar-refractivity contribution in [2.75, 3.05) is 0 Å². The highest BCUT2D eigenvalue weighted by atomic mass is 19.4. The fraction of sp³-hybridized carbons (Fsp3) is 0.625. The van der Waals surface area contributed by atoms with Gasteiger partial charge in [0.2, 0.25) is 0 Å². The molecule has 0 saturated heterocycles. The van der Waals surface area contributed by atoms with Gasteiger partial charge in [-0.25, -0.2) is 0 Å². The smallest absolute Gasteiger partial charge is 0.406 e. The summed E-state index contributed by atoms with van der Waals surface area (Å²) in [6.45, 7) is 2.18. The van der Waals surface area contributed by atoms with Crippen molar-refractivity contribution in [2.45, 2.75) is 57.3 Å². The van der Waals surface area contributed by atoms with Gasteiger partial charge in [0.05, 0.1) is 0 Å². The summed E-state index contributed by atoms with van der Waals surface area (Å²) in [7, 11) is 0. The van der Waals surface area contributed by atoms with E-state index in [1.165, 1.54) is 18.6 Å². The van der Waals surface area contributed by atoms with E-state index >= 15 is 0 Å². The number of alkyl halides is 3. The van der Waals surface area contributed by atoms with E-state index in [9.17, 15) is 13.2 Å². The maximum Gasteiger partial charge on any atom is 0.573 e. The molecule has 0 amide bonds. The highest BCUT2D eigenvalue weighted by molar-refractivity contribution is 5.28. The Morgan fingerprint density at radius 1 is 1.29 bits per heavy atom. The Morgan fingerprint density at radius 2 is 1.95 bits per heavy atom. The van der Waals surface area contributed by atoms with Gasteiger partial charge in [-0.1, -0.05) is 38.3 Å². The van der Waals surface area contributed by atoms with E-state index in [0.29, 0.717) is 12.3 Å². The molecule has 5 heteroatoms. The Bertz CT molecular complexity index is 458. The third-order valence-corrected chi connectivity index (χ3v) is 4.27. The van der Waals surface area contributed by atoms with Crippen LogP contribution in [0.1, 0.15) is 44.6 Å². The fourth-order valence-corrected chi connectivity index (χ4v) is 3.25. The lowest BCUT2D eigenvalue weighted by Gasteiger charge is -2.38. The van der Waals surface area contributed by atoms with E-state index < -0.39 is 6.36 Å². The van der Waals surface area contributed by atoms with Crippen molar-refractivity contribution in [1.29, 1.82) is 0 Å². The third-order valence-electron chi connectivity index (χ3n) is 4.27. The van der Waals surface area contributed by atoms with Crippen LogP contribution in [0.25, 0.3) is 0 Å². The molecule has 1 fully saturated rings. The molecular weight excluding hydrogens is 279 g/mol. The largest absolute Gasteiger partial charge is 0.573 e. The predicted octanol–water partition coefficient (Wildman–Crippen LogP) is 4.43. The molecule has 1 aromatic rings. The van der Waals surface area contributed by atoms with Crippen LogP contribution in [-0.4, -0.2) is 11.9 Å². The van der Waals surface area contributed by atoms with Gasteiger partial charge in [0, 0.05) is 5.54 Å². The van der Waals surface area contributed by atoms with Crippen molar-refractivity contribution in [3.8, 4) is 5.75 Å². The van der Waals surface area contributed by atoms with Crippen LogP contribution in [0, 0.1) is 5.92 Å². The Kier molecular flexibility index (Phi) is 4.81. The predicted molar refractivity (Wildman–Crippen MR) is 76.0 cm³/mol. The van der Waals surface area contributed by atoms with Gasteiger partial charge < -0.3 is 10.5 Å². The van der Waals surface area contributed by atoms with Gasteiger partial charge in [0.1, 0.15) is 5.75 Å². The molecule has 0 bridgehead atoms. The van der Waals surface area contributed by atoms with Crippen LogP contribution >= 0.6 is 0 Å². The van der Waals surface area contributed by atoms with Crippen LogP contribution in [0.15, 0.2) is 24.3 Å². The van der Waals surface area contributed by atoms with Gasteiger partial charge in [-0.2, -0.15) is 0 Å². The molecule has 0 aromatic heterocycles. The molecule has 2 N–H and O–H groups in total. The number of hydrogen-bond acceptors (Lipinski definition) is 2. The minimum absolute atomic E-state index is 0.188. The van der Waals surface area contributed by atoms with Gasteiger partial charge in [-0.05, 0) is 42.9 Å². The molecule has 118 valence electrons. The topological polar surface area (TPSA) is 35.2 Å². The molecule has 2 nitrogen and oxygen atoms in total. The first-order valence-corrected chi connectivity index (χ1v) is 7.43. The quantitative estimate of drug-likeness (QED) is 0.893. The van der Waals surface area contributed by atoms with Crippen molar-refractivity contribution in [3.05, 3.63) is 29.8 Å². The van der Waals surface area contributed by atoms with Crippen LogP contribution in [0.4, 0.5) is 13.2 Å². The summed E-state index contributed by atoms with van der Waals surface area (Å²) < 4.78 is 40.2. The van der Waals surface area contributed by atoms with E-state index in [2.05, 4.69) is 11.7 Å². The second-order valence-electron chi connectivity index (χ2n) is 6.10. The molecule has 0 heterocycles. The number of ether oxygens (including phenoxy) is 1. The lowest BCUT2D eigenvalue weighted by molar-refractivity contribution is -0.274. The number of benzene rings is 1. The van der Waals surface area contributed by atoms with Crippen LogP contribution < -0.4 is 10.5 Å². The molecule has 1 aliphatic rings. The zero-order chi connectivity index (χ0) is 15.5. The van der Waals surface area contributed by atoms with E-state index in [0.717, 1.165) is 31.2 Å². The zero-order valence-electron chi connectivity index (χ0n) is 12.2. The van der Waals surface area contributed by atoms with E-state index in [1.807, 2.05) is 0 Å². The van der Waals surface area contributed by atoms with E-state index in [4.69, 9.17) is 5.73 Å². The lowest BCUT2D eigenvalue weighted by Crippen LogP contribution is -2.46. The number of hydrogen-bond donors (Lipinski definition) is 1. The van der Waals surface area contributed by atoms with Gasteiger partial charge in [-0.3, -0.25) is 0 Å². The first-order chi connectivity index (χ1) is 9.80. The van der Waals surface area contributed by atoms with Crippen molar-refractivity contribution >= 4 is 0 Å². The van der Waals surface area contributed by atoms with Gasteiger partial charge >= 0.3 is 6.36 Å². The van der Waals surface area contributed by atoms with Gasteiger partial charge in [-0.15, -0.1) is 13.2 Å². The normalized spacial score (nSPS) is 26.6. The average molecular weight is 301 g/mol. The molecular formula is C16H22F3NO. The minimum Gasteiger partial charge on any atom is -0.406 e. The van der Waals surface area contributed by atoms with Crippen LogP contribution in [0.5, 0.6) is 5.75 Å². The second-order valence-corrected chi connectivity index (χ2v) is 6.10. The summed E-state index contributed by atoms with van der Waals surface area (Å²) in [5, 5.41) is 0. The van der Waals surface area contributed by atoms with Crippen LogP contribution in [0.3, 0.4) is 0 Å². The second kappa shape index (κ2) is 6.26.